The van der Waals surface area contributed by atoms with E-state index in [9.17, 15) is 0 Å². The van der Waals surface area contributed by atoms with Gasteiger partial charge in [0.1, 0.15) is 0 Å². The van der Waals surface area contributed by atoms with Crippen LogP contribution in [0.4, 0.5) is 0 Å². The van der Waals surface area contributed by atoms with E-state index in [0.29, 0.717) is 0 Å². The van der Waals surface area contributed by atoms with Crippen LogP contribution in [0.2, 0.25) is 0 Å². The van der Waals surface area contributed by atoms with Crippen LogP contribution in [0.1, 0.15) is 34.7 Å². The maximum atomic E-state index is 4.91. The molecule has 0 heterocycles. The highest BCUT2D eigenvalue weighted by molar-refractivity contribution is 6.13. The number of nitrogens with zero attached hydrogens (tertiary/aromatic N) is 1. The molecular formula is C26H25N. The Morgan fingerprint density at radius 3 is 1.81 bits per heavy atom. The second-order valence-corrected chi connectivity index (χ2v) is 6.88. The van der Waals surface area contributed by atoms with Gasteiger partial charge in [-0.2, -0.15) is 0 Å². The van der Waals surface area contributed by atoms with E-state index in [1.54, 1.807) is 0 Å². The molecule has 0 saturated carbocycles. The van der Waals surface area contributed by atoms with Gasteiger partial charge in [-0.1, -0.05) is 84.4 Å². The fraction of sp³-hybridized carbons (Fsp3) is 0.115. The predicted octanol–water partition coefficient (Wildman–Crippen LogP) is 6.87. The van der Waals surface area contributed by atoms with E-state index in [0.717, 1.165) is 22.5 Å². The summed E-state index contributed by atoms with van der Waals surface area (Å²) in [6, 6.07) is 27.1. The van der Waals surface area contributed by atoms with E-state index in [4.69, 9.17) is 4.99 Å². The number of rotatable bonds is 5. The van der Waals surface area contributed by atoms with Crippen molar-refractivity contribution in [3.63, 3.8) is 0 Å². The first kappa shape index (κ1) is 18.6. The Labute approximate surface area is 162 Å². The average molecular weight is 351 g/mol. The maximum Gasteiger partial charge on any atom is 0.0712 e. The van der Waals surface area contributed by atoms with Gasteiger partial charge in [0.25, 0.3) is 0 Å². The molecule has 0 atom stereocenters. The van der Waals surface area contributed by atoms with Gasteiger partial charge in [0, 0.05) is 11.1 Å². The zero-order valence-corrected chi connectivity index (χ0v) is 16.2. The van der Waals surface area contributed by atoms with Crippen molar-refractivity contribution in [2.75, 3.05) is 0 Å². The van der Waals surface area contributed by atoms with Crippen molar-refractivity contribution in [3.8, 4) is 0 Å². The molecule has 0 amide bonds. The fourth-order valence-corrected chi connectivity index (χ4v) is 3.13. The molecule has 3 aromatic carbocycles. The van der Waals surface area contributed by atoms with E-state index >= 15 is 0 Å². The van der Waals surface area contributed by atoms with Gasteiger partial charge in [-0.05, 0) is 50.1 Å². The molecule has 0 unspecified atom stereocenters. The molecule has 0 N–H and O–H groups in total. The van der Waals surface area contributed by atoms with Crippen molar-refractivity contribution in [2.24, 2.45) is 4.99 Å². The highest BCUT2D eigenvalue weighted by atomic mass is 14.8. The Morgan fingerprint density at radius 1 is 0.741 bits per heavy atom. The SMILES string of the molecule is C=C(N=C(/C=C(\C)c1ccccc1)c1ccccc1)c1cc(C)cc(C)c1. The number of aryl methyl sites for hydroxylation is 2. The second-order valence-electron chi connectivity index (χ2n) is 6.88. The van der Waals surface area contributed by atoms with E-state index in [-0.39, 0.29) is 0 Å². The highest BCUT2D eigenvalue weighted by Crippen LogP contribution is 2.21. The number of aliphatic imine (C=N–C) groups is 1. The van der Waals surface area contributed by atoms with Crippen molar-refractivity contribution >= 4 is 17.0 Å². The van der Waals surface area contributed by atoms with Crippen molar-refractivity contribution in [3.05, 3.63) is 119 Å². The van der Waals surface area contributed by atoms with Gasteiger partial charge in [-0.15, -0.1) is 0 Å². The first-order valence-corrected chi connectivity index (χ1v) is 9.18. The van der Waals surface area contributed by atoms with Crippen LogP contribution in [0, 0.1) is 13.8 Å². The molecule has 0 aliphatic carbocycles. The molecular weight excluding hydrogens is 326 g/mol. The van der Waals surface area contributed by atoms with Gasteiger partial charge in [0.05, 0.1) is 11.4 Å². The van der Waals surface area contributed by atoms with Crippen LogP contribution in [0.15, 0.2) is 96.5 Å². The third-order valence-corrected chi connectivity index (χ3v) is 4.46. The monoisotopic (exact) mass is 351 g/mol. The van der Waals surface area contributed by atoms with E-state index in [2.05, 4.69) is 88.0 Å². The predicted molar refractivity (Wildman–Crippen MR) is 118 cm³/mol. The molecule has 1 nitrogen and oxygen atoms in total. The molecule has 0 saturated heterocycles. The Balaban J connectivity index is 2.05. The van der Waals surface area contributed by atoms with Crippen molar-refractivity contribution < 1.29 is 0 Å². The smallest absolute Gasteiger partial charge is 0.0712 e. The summed E-state index contributed by atoms with van der Waals surface area (Å²) in [5.74, 6) is 0. The third kappa shape index (κ3) is 4.92. The first-order valence-electron chi connectivity index (χ1n) is 9.18. The lowest BCUT2D eigenvalue weighted by molar-refractivity contribution is 1.35. The Bertz CT molecular complexity index is 973. The van der Waals surface area contributed by atoms with Crippen LogP contribution in [0.25, 0.3) is 11.3 Å². The standard InChI is InChI=1S/C26H25N/c1-19-15-20(2)17-25(16-19)22(4)27-26(24-13-9-6-10-14-24)18-21(3)23-11-7-5-8-12-23/h5-18H,4H2,1-3H3/b21-18+,27-26?. The van der Waals surface area contributed by atoms with E-state index in [1.807, 2.05) is 24.3 Å². The van der Waals surface area contributed by atoms with Crippen molar-refractivity contribution in [1.82, 2.24) is 0 Å². The summed E-state index contributed by atoms with van der Waals surface area (Å²) in [6.45, 7) is 10.6. The summed E-state index contributed by atoms with van der Waals surface area (Å²) in [7, 11) is 0. The summed E-state index contributed by atoms with van der Waals surface area (Å²) in [5.41, 5.74) is 8.64. The quantitative estimate of drug-likeness (QED) is 0.445. The van der Waals surface area contributed by atoms with Crippen LogP contribution in [-0.4, -0.2) is 5.71 Å². The molecule has 0 aliphatic rings. The molecule has 3 aromatic rings. The summed E-state index contributed by atoms with van der Waals surface area (Å²) in [6.07, 6.45) is 2.14. The lowest BCUT2D eigenvalue weighted by atomic mass is 10.0. The van der Waals surface area contributed by atoms with Crippen LogP contribution in [-0.2, 0) is 0 Å². The largest absolute Gasteiger partial charge is 0.248 e. The third-order valence-electron chi connectivity index (χ3n) is 4.46. The molecule has 0 bridgehead atoms. The highest BCUT2D eigenvalue weighted by Gasteiger charge is 2.06. The molecule has 1 heteroatoms. The summed E-state index contributed by atoms with van der Waals surface area (Å²) in [5, 5.41) is 0. The Hall–Kier alpha value is -3.19. The van der Waals surface area contributed by atoms with Crippen LogP contribution >= 0.6 is 0 Å². The molecule has 3 rings (SSSR count). The maximum absolute atomic E-state index is 4.91. The number of hydrogen-bond acceptors (Lipinski definition) is 1. The van der Waals surface area contributed by atoms with Gasteiger partial charge >= 0.3 is 0 Å². The normalized spacial score (nSPS) is 12.1. The molecule has 134 valence electrons. The van der Waals surface area contributed by atoms with Gasteiger partial charge in [-0.25, -0.2) is 4.99 Å². The molecule has 27 heavy (non-hydrogen) atoms. The molecule has 0 spiro atoms. The second kappa shape index (κ2) is 8.46. The zero-order valence-electron chi connectivity index (χ0n) is 16.2. The summed E-state index contributed by atoms with van der Waals surface area (Å²) >= 11 is 0. The lowest BCUT2D eigenvalue weighted by Crippen LogP contribution is -1.99. The molecule has 0 fully saturated rings. The lowest BCUT2D eigenvalue weighted by Gasteiger charge is -2.09. The minimum Gasteiger partial charge on any atom is -0.248 e. The van der Waals surface area contributed by atoms with Crippen molar-refractivity contribution in [1.29, 1.82) is 0 Å². The Morgan fingerprint density at radius 2 is 1.26 bits per heavy atom. The van der Waals surface area contributed by atoms with Crippen molar-refractivity contribution in [2.45, 2.75) is 20.8 Å². The van der Waals surface area contributed by atoms with E-state index < -0.39 is 0 Å². The minimum absolute atomic E-state index is 0.776. The van der Waals surface area contributed by atoms with Crippen LogP contribution in [0.3, 0.4) is 0 Å². The van der Waals surface area contributed by atoms with Gasteiger partial charge < -0.3 is 0 Å². The Kier molecular flexibility index (Phi) is 5.83. The van der Waals surface area contributed by atoms with Gasteiger partial charge in [-0.3, -0.25) is 0 Å². The van der Waals surface area contributed by atoms with Gasteiger partial charge in [0.15, 0.2) is 0 Å². The molecule has 0 radical (unpaired) electrons. The number of allylic oxidation sites excluding steroid dienone is 2. The summed E-state index contributed by atoms with van der Waals surface area (Å²) < 4.78 is 0. The minimum atomic E-state index is 0.776. The molecule has 0 aromatic heterocycles. The topological polar surface area (TPSA) is 12.4 Å². The average Bonchev–Trinajstić information content (AvgIpc) is 2.68. The number of hydrogen-bond donors (Lipinski definition) is 0. The fourth-order valence-electron chi connectivity index (χ4n) is 3.13. The van der Waals surface area contributed by atoms with E-state index in [1.165, 1.54) is 22.3 Å². The summed E-state index contributed by atoms with van der Waals surface area (Å²) in [4.78, 5) is 4.91. The zero-order chi connectivity index (χ0) is 19.2. The van der Waals surface area contributed by atoms with Gasteiger partial charge in [0.2, 0.25) is 0 Å². The molecule has 0 aliphatic heterocycles. The first-order chi connectivity index (χ1) is 13.0. The van der Waals surface area contributed by atoms with Crippen LogP contribution < -0.4 is 0 Å². The van der Waals surface area contributed by atoms with Crippen LogP contribution in [0.5, 0.6) is 0 Å². The number of benzene rings is 3.